The molecule has 2 aliphatic rings. The first kappa shape index (κ1) is 19.1. The van der Waals surface area contributed by atoms with Crippen LogP contribution >= 0.6 is 22.9 Å². The summed E-state index contributed by atoms with van der Waals surface area (Å²) in [4.78, 5) is 16.5. The van der Waals surface area contributed by atoms with E-state index in [0.717, 1.165) is 16.4 Å². The highest BCUT2D eigenvalue weighted by atomic mass is 35.5. The van der Waals surface area contributed by atoms with Gasteiger partial charge >= 0.3 is 5.97 Å². The van der Waals surface area contributed by atoms with E-state index in [-0.39, 0.29) is 5.88 Å². The van der Waals surface area contributed by atoms with Crippen LogP contribution in [0.3, 0.4) is 0 Å². The standard InChI is InChI=1S/C20H21ClN2O4S/c1-26-19(25)13-4-5-16(14(21)10-13)27-7-6-17-18(24)23-20(28-17)22-15-9-11-2-3-12(15)8-11/h2-5,10-12,15,24H,6-9H2,1H3,(H,22,23). The van der Waals surface area contributed by atoms with E-state index in [9.17, 15) is 9.90 Å². The average molecular weight is 421 g/mol. The number of nitrogens with zero attached hydrogens (tertiary/aromatic N) is 1. The van der Waals surface area contributed by atoms with E-state index in [4.69, 9.17) is 16.3 Å². The summed E-state index contributed by atoms with van der Waals surface area (Å²) in [6, 6.07) is 5.15. The van der Waals surface area contributed by atoms with Crippen molar-refractivity contribution in [3.63, 3.8) is 0 Å². The molecule has 2 bridgehead atoms. The van der Waals surface area contributed by atoms with Crippen molar-refractivity contribution in [1.82, 2.24) is 4.98 Å². The van der Waals surface area contributed by atoms with Gasteiger partial charge in [0, 0.05) is 12.5 Å². The summed E-state index contributed by atoms with van der Waals surface area (Å²) < 4.78 is 10.4. The first-order valence-electron chi connectivity index (χ1n) is 9.17. The van der Waals surface area contributed by atoms with Crippen LogP contribution in [0.25, 0.3) is 0 Å². The monoisotopic (exact) mass is 420 g/mol. The molecule has 2 N–H and O–H groups in total. The highest BCUT2D eigenvalue weighted by Gasteiger charge is 2.36. The number of hydrogen-bond acceptors (Lipinski definition) is 7. The van der Waals surface area contributed by atoms with Gasteiger partial charge in [-0.05, 0) is 42.9 Å². The van der Waals surface area contributed by atoms with Crippen molar-refractivity contribution in [2.24, 2.45) is 11.8 Å². The Labute approximate surface area is 172 Å². The molecular weight excluding hydrogens is 400 g/mol. The van der Waals surface area contributed by atoms with Gasteiger partial charge in [-0.25, -0.2) is 4.79 Å². The molecule has 1 fully saturated rings. The molecule has 28 heavy (non-hydrogen) atoms. The summed E-state index contributed by atoms with van der Waals surface area (Å²) in [5.41, 5.74) is 0.367. The number of carbonyl (C=O) groups is 1. The van der Waals surface area contributed by atoms with E-state index in [2.05, 4.69) is 27.2 Å². The van der Waals surface area contributed by atoms with Gasteiger partial charge in [0.25, 0.3) is 0 Å². The third-order valence-electron chi connectivity index (χ3n) is 5.20. The Bertz CT molecular complexity index is 914. The minimum Gasteiger partial charge on any atom is -0.492 e. The molecule has 0 saturated heterocycles. The Morgan fingerprint density at radius 2 is 2.25 bits per heavy atom. The maximum Gasteiger partial charge on any atom is 0.337 e. The van der Waals surface area contributed by atoms with E-state index in [0.29, 0.717) is 47.2 Å². The molecule has 2 aromatic rings. The summed E-state index contributed by atoms with van der Waals surface area (Å²) in [5, 5.41) is 14.7. The lowest BCUT2D eigenvalue weighted by Crippen LogP contribution is -2.23. The molecule has 148 valence electrons. The van der Waals surface area contributed by atoms with Crippen LogP contribution < -0.4 is 10.1 Å². The Kier molecular flexibility index (Phi) is 5.46. The van der Waals surface area contributed by atoms with Crippen molar-refractivity contribution in [2.75, 3.05) is 19.0 Å². The van der Waals surface area contributed by atoms with Gasteiger partial charge in [0.2, 0.25) is 5.88 Å². The van der Waals surface area contributed by atoms with Gasteiger partial charge in [0.1, 0.15) is 5.75 Å². The highest BCUT2D eigenvalue weighted by molar-refractivity contribution is 7.15. The van der Waals surface area contributed by atoms with Gasteiger partial charge in [-0.3, -0.25) is 0 Å². The van der Waals surface area contributed by atoms with Gasteiger partial charge in [0.05, 0.1) is 29.2 Å². The summed E-state index contributed by atoms with van der Waals surface area (Å²) in [5.74, 6) is 1.32. The van der Waals surface area contributed by atoms with Gasteiger partial charge in [0.15, 0.2) is 5.13 Å². The van der Waals surface area contributed by atoms with Crippen LogP contribution in [-0.2, 0) is 11.2 Å². The number of benzene rings is 1. The fraction of sp³-hybridized carbons (Fsp3) is 0.400. The lowest BCUT2D eigenvalue weighted by molar-refractivity contribution is 0.0600. The van der Waals surface area contributed by atoms with Gasteiger partial charge < -0.3 is 19.9 Å². The number of anilines is 1. The number of aromatic hydroxyl groups is 1. The zero-order valence-corrected chi connectivity index (χ0v) is 16.9. The number of hydrogen-bond donors (Lipinski definition) is 2. The summed E-state index contributed by atoms with van der Waals surface area (Å²) in [6.07, 6.45) is 7.43. The van der Waals surface area contributed by atoms with Crippen LogP contribution in [0.4, 0.5) is 5.13 Å². The molecule has 3 atom stereocenters. The number of aromatic nitrogens is 1. The van der Waals surface area contributed by atoms with Crippen molar-refractivity contribution in [1.29, 1.82) is 0 Å². The fourth-order valence-electron chi connectivity index (χ4n) is 3.79. The second kappa shape index (κ2) is 8.01. The molecule has 1 saturated carbocycles. The predicted octanol–water partition coefficient (Wildman–Crippen LogP) is 4.29. The summed E-state index contributed by atoms with van der Waals surface area (Å²) >= 11 is 7.62. The molecule has 8 heteroatoms. The molecular formula is C20H21ClN2O4S. The van der Waals surface area contributed by atoms with Crippen LogP contribution in [0.15, 0.2) is 30.4 Å². The third kappa shape index (κ3) is 3.95. The lowest BCUT2D eigenvalue weighted by Gasteiger charge is -2.18. The predicted molar refractivity (Wildman–Crippen MR) is 109 cm³/mol. The van der Waals surface area contributed by atoms with Crippen LogP contribution in [-0.4, -0.2) is 35.8 Å². The van der Waals surface area contributed by atoms with Crippen LogP contribution in [0.5, 0.6) is 11.6 Å². The number of carbonyl (C=O) groups excluding carboxylic acids is 1. The number of esters is 1. The second-order valence-electron chi connectivity index (χ2n) is 7.03. The summed E-state index contributed by atoms with van der Waals surface area (Å²) in [6.45, 7) is 0.337. The van der Waals surface area contributed by atoms with E-state index >= 15 is 0 Å². The number of allylic oxidation sites excluding steroid dienone is 1. The first-order chi connectivity index (χ1) is 13.5. The van der Waals surface area contributed by atoms with Gasteiger partial charge in [-0.1, -0.05) is 35.1 Å². The topological polar surface area (TPSA) is 80.7 Å². The Balaban J connectivity index is 1.32. The third-order valence-corrected chi connectivity index (χ3v) is 6.54. The average Bonchev–Trinajstić information content (AvgIpc) is 3.39. The van der Waals surface area contributed by atoms with Crippen LogP contribution in [0.2, 0.25) is 5.02 Å². The molecule has 2 aliphatic carbocycles. The minimum atomic E-state index is -0.450. The number of ether oxygens (including phenoxy) is 2. The van der Waals surface area contributed by atoms with E-state index in [1.807, 2.05) is 0 Å². The van der Waals surface area contributed by atoms with Crippen molar-refractivity contribution in [3.05, 3.63) is 45.8 Å². The van der Waals surface area contributed by atoms with Crippen LogP contribution in [0.1, 0.15) is 28.1 Å². The summed E-state index contributed by atoms with van der Waals surface area (Å²) in [7, 11) is 1.32. The van der Waals surface area contributed by atoms with Gasteiger partial charge in [-0.2, -0.15) is 4.98 Å². The van der Waals surface area contributed by atoms with E-state index < -0.39 is 5.97 Å². The number of rotatable bonds is 7. The number of fused-ring (bicyclic) bond motifs is 2. The Morgan fingerprint density at radius 1 is 1.39 bits per heavy atom. The Morgan fingerprint density at radius 3 is 2.93 bits per heavy atom. The van der Waals surface area contributed by atoms with Crippen LogP contribution in [0, 0.1) is 11.8 Å². The molecule has 4 rings (SSSR count). The molecule has 0 aliphatic heterocycles. The molecule has 1 heterocycles. The zero-order chi connectivity index (χ0) is 19.7. The highest BCUT2D eigenvalue weighted by Crippen LogP contribution is 2.41. The number of thiazole rings is 1. The smallest absolute Gasteiger partial charge is 0.337 e. The van der Waals surface area contributed by atoms with Gasteiger partial charge in [-0.15, -0.1) is 0 Å². The minimum absolute atomic E-state index is 0.0435. The molecule has 6 nitrogen and oxygen atoms in total. The molecule has 0 radical (unpaired) electrons. The maximum absolute atomic E-state index is 11.5. The maximum atomic E-state index is 11.5. The second-order valence-corrected chi connectivity index (χ2v) is 8.52. The molecule has 3 unspecified atom stereocenters. The number of methoxy groups -OCH3 is 1. The molecule has 1 aromatic heterocycles. The quantitative estimate of drug-likeness (QED) is 0.513. The molecule has 1 aromatic carbocycles. The van der Waals surface area contributed by atoms with Crippen molar-refractivity contribution >= 4 is 34.0 Å². The normalized spacial score (nSPS) is 22.4. The van der Waals surface area contributed by atoms with Crippen molar-refractivity contribution in [2.45, 2.75) is 25.3 Å². The van der Waals surface area contributed by atoms with Crippen molar-refractivity contribution in [3.8, 4) is 11.6 Å². The fourth-order valence-corrected chi connectivity index (χ4v) is 4.92. The molecule has 0 amide bonds. The number of halogens is 1. The first-order valence-corrected chi connectivity index (χ1v) is 10.4. The SMILES string of the molecule is COC(=O)c1ccc(OCCc2sc(NC3CC4C=CC3C4)nc2O)c(Cl)c1. The van der Waals surface area contributed by atoms with Crippen molar-refractivity contribution < 1.29 is 19.4 Å². The lowest BCUT2D eigenvalue weighted by atomic mass is 10.0. The largest absolute Gasteiger partial charge is 0.492 e. The molecule has 0 spiro atoms. The zero-order valence-electron chi connectivity index (χ0n) is 15.4. The van der Waals surface area contributed by atoms with E-state index in [1.54, 1.807) is 12.1 Å². The number of nitrogens with one attached hydrogen (secondary N) is 1. The van der Waals surface area contributed by atoms with E-state index in [1.165, 1.54) is 30.9 Å². The Hall–Kier alpha value is -2.25.